The van der Waals surface area contributed by atoms with E-state index in [4.69, 9.17) is 4.74 Å². The summed E-state index contributed by atoms with van der Waals surface area (Å²) in [5.41, 5.74) is -1.26. The summed E-state index contributed by atoms with van der Waals surface area (Å²) in [4.78, 5) is 62.8. The fourth-order valence-corrected chi connectivity index (χ4v) is 4.95. The van der Waals surface area contributed by atoms with Gasteiger partial charge in [-0.2, -0.15) is 0 Å². The molecule has 1 aromatic heterocycles. The second kappa shape index (κ2) is 12.2. The van der Waals surface area contributed by atoms with Crippen LogP contribution in [0.4, 0.5) is 10.5 Å². The van der Waals surface area contributed by atoms with E-state index < -0.39 is 35.2 Å². The topological polar surface area (TPSA) is 136 Å². The predicted molar refractivity (Wildman–Crippen MR) is 135 cm³/mol. The van der Waals surface area contributed by atoms with E-state index in [-0.39, 0.29) is 29.9 Å². The van der Waals surface area contributed by atoms with Crippen molar-refractivity contribution < 1.29 is 23.9 Å². The summed E-state index contributed by atoms with van der Waals surface area (Å²) < 4.78 is 6.58. The van der Waals surface area contributed by atoms with Gasteiger partial charge in [-0.15, -0.1) is 0 Å². The van der Waals surface area contributed by atoms with Crippen molar-refractivity contribution in [2.45, 2.75) is 89.8 Å². The number of hydrogen-bond acceptors (Lipinski definition) is 6. The third-order valence-corrected chi connectivity index (χ3v) is 6.72. The van der Waals surface area contributed by atoms with Gasteiger partial charge in [0.15, 0.2) is 0 Å². The predicted octanol–water partition coefficient (Wildman–Crippen LogP) is 2.92. The summed E-state index contributed by atoms with van der Waals surface area (Å²) in [6, 6.07) is 1.36. The maximum atomic E-state index is 13.5. The highest BCUT2D eigenvalue weighted by atomic mass is 16.6. The van der Waals surface area contributed by atoms with Gasteiger partial charge in [0.2, 0.25) is 11.8 Å². The van der Waals surface area contributed by atoms with Gasteiger partial charge in [-0.05, 0) is 58.1 Å². The fourth-order valence-electron chi connectivity index (χ4n) is 4.95. The number of nitrogens with zero attached hydrogens (tertiary/aromatic N) is 1. The molecule has 3 atom stereocenters. The summed E-state index contributed by atoms with van der Waals surface area (Å²) in [5, 5.41) is 7.99. The Bertz CT molecular complexity index is 1010. The molecule has 0 spiro atoms. The van der Waals surface area contributed by atoms with E-state index in [1.165, 1.54) is 16.8 Å². The number of aldehydes is 1. The summed E-state index contributed by atoms with van der Waals surface area (Å²) in [6.45, 7) is 5.72. The van der Waals surface area contributed by atoms with Crippen LogP contribution in [0.25, 0.3) is 0 Å². The van der Waals surface area contributed by atoms with Crippen LogP contribution in [0.1, 0.15) is 78.2 Å². The Balaban J connectivity index is 1.82. The van der Waals surface area contributed by atoms with Crippen LogP contribution in [0.3, 0.4) is 0 Å². The Morgan fingerprint density at radius 1 is 1.17 bits per heavy atom. The maximum absolute atomic E-state index is 13.5. The van der Waals surface area contributed by atoms with Crippen molar-refractivity contribution >= 4 is 29.9 Å². The Morgan fingerprint density at radius 3 is 2.50 bits per heavy atom. The molecule has 0 radical (unpaired) electrons. The van der Waals surface area contributed by atoms with Crippen LogP contribution in [0.15, 0.2) is 23.1 Å². The molecule has 0 bridgehead atoms. The number of carbonyl (C=O) groups is 4. The van der Waals surface area contributed by atoms with Gasteiger partial charge in [0.05, 0.1) is 6.04 Å². The largest absolute Gasteiger partial charge is 0.444 e. The maximum Gasteiger partial charge on any atom is 0.412 e. The Kier molecular flexibility index (Phi) is 9.28. The lowest BCUT2D eigenvalue weighted by Gasteiger charge is -2.28. The quantitative estimate of drug-likeness (QED) is 0.444. The number of anilines is 1. The molecule has 1 saturated carbocycles. The van der Waals surface area contributed by atoms with Crippen molar-refractivity contribution in [2.75, 3.05) is 11.9 Å². The third-order valence-electron chi connectivity index (χ3n) is 6.72. The smallest absolute Gasteiger partial charge is 0.412 e. The summed E-state index contributed by atoms with van der Waals surface area (Å²) in [7, 11) is 0. The number of hydrogen-bond donors (Lipinski definition) is 3. The van der Waals surface area contributed by atoms with Crippen LogP contribution in [-0.4, -0.2) is 46.9 Å². The van der Waals surface area contributed by atoms with Crippen LogP contribution < -0.4 is 21.5 Å². The van der Waals surface area contributed by atoms with Crippen molar-refractivity contribution in [3.63, 3.8) is 0 Å². The summed E-state index contributed by atoms with van der Waals surface area (Å²) in [6.07, 6.45) is 7.90. The average Bonchev–Trinajstić information content (AvgIpc) is 3.22. The standard InChI is InChI=1S/C26H38N4O6/c1-26(2,3)36-25(35)29-20-10-7-13-30(24(20)34)21(14-17-8-5-4-6-9-17)23(33)28-19(16-31)15-18-11-12-27-22(18)32/h7,10,13,16-19,21H,4-6,8-9,11-12,14-15H2,1-3H3,(H,27,32)(H,28,33)(H,29,35)/t18-,19-,21-/m0/s1. The van der Waals surface area contributed by atoms with Gasteiger partial charge in [-0.25, -0.2) is 4.79 Å². The molecule has 10 heteroatoms. The first-order valence-corrected chi connectivity index (χ1v) is 12.8. The van der Waals surface area contributed by atoms with Gasteiger partial charge >= 0.3 is 6.09 Å². The van der Waals surface area contributed by atoms with Crippen LogP contribution in [-0.2, 0) is 19.1 Å². The van der Waals surface area contributed by atoms with E-state index in [0.29, 0.717) is 25.7 Å². The number of ether oxygens (including phenoxy) is 1. The second-order valence-electron chi connectivity index (χ2n) is 10.8. The van der Waals surface area contributed by atoms with E-state index in [0.717, 1.165) is 32.1 Å². The van der Waals surface area contributed by atoms with Crippen LogP contribution >= 0.6 is 0 Å². The van der Waals surface area contributed by atoms with Gasteiger partial charge in [-0.3, -0.25) is 19.7 Å². The zero-order valence-electron chi connectivity index (χ0n) is 21.4. The Morgan fingerprint density at radius 2 is 1.89 bits per heavy atom. The molecule has 1 saturated heterocycles. The minimum Gasteiger partial charge on any atom is -0.444 e. The number of nitrogens with one attached hydrogen (secondary N) is 3. The minimum atomic E-state index is -0.860. The van der Waals surface area contributed by atoms with E-state index in [1.54, 1.807) is 26.8 Å². The molecular weight excluding hydrogens is 464 g/mol. The molecule has 2 fully saturated rings. The number of amides is 3. The molecule has 3 rings (SSSR count). The molecule has 1 aliphatic carbocycles. The first-order chi connectivity index (χ1) is 17.1. The lowest BCUT2D eigenvalue weighted by molar-refractivity contribution is -0.128. The van der Waals surface area contributed by atoms with Gasteiger partial charge in [0.25, 0.3) is 5.56 Å². The molecule has 2 aliphatic rings. The first kappa shape index (κ1) is 27.4. The number of rotatable bonds is 9. The van der Waals surface area contributed by atoms with E-state index in [1.807, 2.05) is 0 Å². The van der Waals surface area contributed by atoms with Crippen molar-refractivity contribution in [2.24, 2.45) is 11.8 Å². The highest BCUT2D eigenvalue weighted by Crippen LogP contribution is 2.31. The lowest BCUT2D eigenvalue weighted by atomic mass is 9.84. The molecule has 3 N–H and O–H groups in total. The highest BCUT2D eigenvalue weighted by molar-refractivity contribution is 5.86. The van der Waals surface area contributed by atoms with Crippen LogP contribution in [0, 0.1) is 11.8 Å². The van der Waals surface area contributed by atoms with Crippen molar-refractivity contribution in [1.29, 1.82) is 0 Å². The molecule has 2 heterocycles. The summed E-state index contributed by atoms with van der Waals surface area (Å²) >= 11 is 0. The molecule has 198 valence electrons. The second-order valence-corrected chi connectivity index (χ2v) is 10.8. The SMILES string of the molecule is CC(C)(C)OC(=O)Nc1cccn([C@@H](CC2CCCCC2)C(=O)N[C@H](C=O)C[C@@H]2CCNC2=O)c1=O. The minimum absolute atomic E-state index is 0.00255. The Hall–Kier alpha value is -3.17. The van der Waals surface area contributed by atoms with Gasteiger partial charge in [0.1, 0.15) is 23.6 Å². The zero-order chi connectivity index (χ0) is 26.3. The van der Waals surface area contributed by atoms with E-state index >= 15 is 0 Å². The number of carbonyl (C=O) groups excluding carboxylic acids is 4. The molecule has 0 unspecified atom stereocenters. The van der Waals surface area contributed by atoms with Crippen molar-refractivity contribution in [3.8, 4) is 0 Å². The molecule has 10 nitrogen and oxygen atoms in total. The molecule has 1 aromatic rings. The van der Waals surface area contributed by atoms with Crippen molar-refractivity contribution in [1.82, 2.24) is 15.2 Å². The van der Waals surface area contributed by atoms with Gasteiger partial charge < -0.3 is 24.7 Å². The zero-order valence-corrected chi connectivity index (χ0v) is 21.4. The molecule has 36 heavy (non-hydrogen) atoms. The van der Waals surface area contributed by atoms with Gasteiger partial charge in [-0.1, -0.05) is 32.1 Å². The first-order valence-electron chi connectivity index (χ1n) is 12.8. The number of pyridine rings is 1. The van der Waals surface area contributed by atoms with Crippen LogP contribution in [0.2, 0.25) is 0 Å². The average molecular weight is 503 g/mol. The van der Waals surface area contributed by atoms with Crippen molar-refractivity contribution in [3.05, 3.63) is 28.7 Å². The highest BCUT2D eigenvalue weighted by Gasteiger charge is 2.32. The fraction of sp³-hybridized carbons (Fsp3) is 0.654. The monoisotopic (exact) mass is 502 g/mol. The Labute approximate surface area is 211 Å². The van der Waals surface area contributed by atoms with E-state index in [2.05, 4.69) is 16.0 Å². The van der Waals surface area contributed by atoms with Crippen LogP contribution in [0.5, 0.6) is 0 Å². The van der Waals surface area contributed by atoms with E-state index in [9.17, 15) is 24.0 Å². The lowest BCUT2D eigenvalue weighted by Crippen LogP contribution is -2.45. The molecule has 3 amide bonds. The number of aromatic nitrogens is 1. The summed E-state index contributed by atoms with van der Waals surface area (Å²) in [5.74, 6) is -0.639. The normalized spacial score (nSPS) is 20.2. The van der Waals surface area contributed by atoms with Gasteiger partial charge in [0, 0.05) is 18.7 Å². The third kappa shape index (κ3) is 7.66. The molecule has 1 aliphatic heterocycles. The molecular formula is C26H38N4O6. The molecule has 0 aromatic carbocycles.